The van der Waals surface area contributed by atoms with E-state index in [1.165, 1.54) is 12.8 Å². The molecule has 10 rings (SSSR count). The zero-order chi connectivity index (χ0) is 29.0. The van der Waals surface area contributed by atoms with Gasteiger partial charge in [-0.15, -0.1) is 0 Å². The lowest BCUT2D eigenvalue weighted by molar-refractivity contribution is -0.211. The summed E-state index contributed by atoms with van der Waals surface area (Å²) in [5, 5.41) is 4.33. The third-order valence-electron chi connectivity index (χ3n) is 11.2. The molecule has 0 radical (unpaired) electrons. The number of nitrogens with zero attached hydrogens (tertiary/aromatic N) is 5. The van der Waals surface area contributed by atoms with Gasteiger partial charge in [-0.05, 0) is 93.7 Å². The predicted octanol–water partition coefficient (Wildman–Crippen LogP) is 7.22. The van der Waals surface area contributed by atoms with Crippen LogP contribution in [0.1, 0.15) is 115 Å². The third-order valence-corrected chi connectivity index (χ3v) is 11.2. The van der Waals surface area contributed by atoms with Crippen molar-refractivity contribution in [2.75, 3.05) is 11.4 Å². The molecule has 1 amide bonds. The Bertz CT molecular complexity index is 1510. The summed E-state index contributed by atoms with van der Waals surface area (Å²) in [6.45, 7) is 7.00. The maximum atomic E-state index is 14.6. The largest absolute Gasteiger partial charge is 0.339 e. The van der Waals surface area contributed by atoms with Crippen LogP contribution in [0.25, 0.3) is 11.1 Å². The number of fused-ring (bicyclic) bond motifs is 3. The molecule has 0 spiro atoms. The lowest BCUT2D eigenvalue weighted by atomic mass is 9.41. The number of benzene rings is 1. The van der Waals surface area contributed by atoms with Gasteiger partial charge in [0.25, 0.3) is 0 Å². The van der Waals surface area contributed by atoms with E-state index < -0.39 is 11.1 Å². The highest BCUT2D eigenvalue weighted by molar-refractivity contribution is 6.00. The van der Waals surface area contributed by atoms with Crippen LogP contribution in [0.3, 0.4) is 0 Å². The first-order chi connectivity index (χ1) is 20.0. The van der Waals surface area contributed by atoms with Crippen LogP contribution in [0.4, 0.5) is 10.1 Å². The number of carbonyl (C=O) groups excluding carboxylic acids is 1. The quantitative estimate of drug-likeness (QED) is 0.299. The Hall–Kier alpha value is -3.16. The Labute approximate surface area is 246 Å². The molecule has 1 aromatic carbocycles. The zero-order valence-electron chi connectivity index (χ0n) is 25.0. The van der Waals surface area contributed by atoms with Gasteiger partial charge in [0.15, 0.2) is 5.82 Å². The molecule has 2 aromatic heterocycles. The van der Waals surface area contributed by atoms with E-state index in [9.17, 15) is 9.18 Å². The Morgan fingerprint density at radius 1 is 1.00 bits per heavy atom. The van der Waals surface area contributed by atoms with Crippen LogP contribution in [0.5, 0.6) is 0 Å². The highest BCUT2D eigenvalue weighted by atomic mass is 19.1. The predicted molar refractivity (Wildman–Crippen MR) is 157 cm³/mol. The molecular formula is C34H40FN5O2. The van der Waals surface area contributed by atoms with Crippen LogP contribution in [0, 0.1) is 10.8 Å². The third kappa shape index (κ3) is 4.15. The molecule has 2 heterocycles. The van der Waals surface area contributed by atoms with Crippen molar-refractivity contribution in [2.45, 2.75) is 114 Å². The fourth-order valence-electron chi connectivity index (χ4n) is 8.25. The highest BCUT2D eigenvalue weighted by Crippen LogP contribution is 2.70. The van der Waals surface area contributed by atoms with Gasteiger partial charge in [0.05, 0.1) is 5.41 Å². The number of amides is 1. The van der Waals surface area contributed by atoms with Gasteiger partial charge in [0.2, 0.25) is 11.8 Å². The van der Waals surface area contributed by atoms with Gasteiger partial charge in [-0.2, -0.15) is 4.98 Å². The number of rotatable bonds is 7. The van der Waals surface area contributed by atoms with Crippen molar-refractivity contribution in [2.24, 2.45) is 10.8 Å². The molecule has 0 saturated heterocycles. The molecule has 42 heavy (non-hydrogen) atoms. The second-order valence-corrected chi connectivity index (χ2v) is 15.5. The Morgan fingerprint density at radius 2 is 1.67 bits per heavy atom. The van der Waals surface area contributed by atoms with Crippen LogP contribution >= 0.6 is 0 Å². The average Bonchev–Trinajstić information content (AvgIpc) is 3.68. The SMILES string of the molecule is CC(C)(C)c1noc(C23CCC(CN(C(=O)C45CC(F)(C4)C5)c4cccc(-c5cnc(C6CC6)nc5)c4)(CC2)CC3)n1. The molecule has 7 saturated carbocycles. The minimum atomic E-state index is -1.12. The number of anilines is 1. The van der Waals surface area contributed by atoms with Crippen molar-refractivity contribution in [1.29, 1.82) is 0 Å². The zero-order valence-corrected chi connectivity index (χ0v) is 25.0. The summed E-state index contributed by atoms with van der Waals surface area (Å²) in [5.41, 5.74) is 1.03. The van der Waals surface area contributed by atoms with E-state index in [4.69, 9.17) is 9.51 Å². The first-order valence-corrected chi connectivity index (χ1v) is 15.8. The normalized spacial score (nSPS) is 33.1. The van der Waals surface area contributed by atoms with Crippen LogP contribution < -0.4 is 4.90 Å². The van der Waals surface area contributed by atoms with Crippen LogP contribution in [-0.2, 0) is 15.6 Å². The van der Waals surface area contributed by atoms with Gasteiger partial charge >= 0.3 is 0 Å². The molecule has 0 atom stereocenters. The minimum Gasteiger partial charge on any atom is -0.339 e. The van der Waals surface area contributed by atoms with Crippen molar-refractivity contribution in [3.05, 3.63) is 54.2 Å². The van der Waals surface area contributed by atoms with Crippen LogP contribution in [0.2, 0.25) is 0 Å². The summed E-state index contributed by atoms with van der Waals surface area (Å²) < 4.78 is 20.5. The van der Waals surface area contributed by atoms with E-state index in [0.29, 0.717) is 31.7 Å². The van der Waals surface area contributed by atoms with Crippen molar-refractivity contribution in [3.63, 3.8) is 0 Å². The summed E-state index contributed by atoms with van der Waals surface area (Å²) in [6.07, 6.45) is 13.3. The van der Waals surface area contributed by atoms with Crippen LogP contribution in [0.15, 0.2) is 41.2 Å². The first kappa shape index (κ1) is 26.5. The average molecular weight is 570 g/mol. The summed E-state index contributed by atoms with van der Waals surface area (Å²) in [6, 6.07) is 8.22. The highest BCUT2D eigenvalue weighted by Gasteiger charge is 2.73. The summed E-state index contributed by atoms with van der Waals surface area (Å²) in [5.74, 6) is 3.09. The van der Waals surface area contributed by atoms with E-state index in [1.807, 2.05) is 29.4 Å². The monoisotopic (exact) mass is 569 g/mol. The maximum absolute atomic E-state index is 14.6. The molecule has 7 fully saturated rings. The lowest BCUT2D eigenvalue weighted by Crippen LogP contribution is -2.71. The van der Waals surface area contributed by atoms with E-state index in [-0.39, 0.29) is 22.2 Å². The molecule has 8 heteroatoms. The van der Waals surface area contributed by atoms with Crippen molar-refractivity contribution in [3.8, 4) is 11.1 Å². The Balaban J connectivity index is 1.06. The van der Waals surface area contributed by atoms with Gasteiger partial charge in [-0.1, -0.05) is 38.1 Å². The van der Waals surface area contributed by atoms with Crippen molar-refractivity contribution in [1.82, 2.24) is 20.1 Å². The molecule has 3 aromatic rings. The second kappa shape index (κ2) is 8.70. The van der Waals surface area contributed by atoms with Gasteiger partial charge in [-0.3, -0.25) is 4.79 Å². The lowest BCUT2D eigenvalue weighted by Gasteiger charge is -2.65. The second-order valence-electron chi connectivity index (χ2n) is 15.5. The Morgan fingerprint density at radius 3 is 2.24 bits per heavy atom. The summed E-state index contributed by atoms with van der Waals surface area (Å²) in [4.78, 5) is 30.4. The van der Waals surface area contributed by atoms with Gasteiger partial charge < -0.3 is 9.42 Å². The van der Waals surface area contributed by atoms with Crippen molar-refractivity contribution >= 4 is 11.6 Å². The van der Waals surface area contributed by atoms with Gasteiger partial charge in [0.1, 0.15) is 11.5 Å². The fourth-order valence-corrected chi connectivity index (χ4v) is 8.25. The summed E-state index contributed by atoms with van der Waals surface area (Å²) in [7, 11) is 0. The molecule has 0 unspecified atom stereocenters. The van der Waals surface area contributed by atoms with E-state index in [2.05, 4.69) is 48.0 Å². The number of halogens is 1. The standard InChI is InChI=1S/C34H40FN5O2/c1-30(2,3)27-38-28(42-39-27)32-12-9-31(10-13-32,11-14-32)21-40(29(41)33-18-34(35,19-33)20-33)25-6-4-5-23(15-25)24-16-36-26(37-17-24)22-7-8-22/h4-6,15-17,22H,7-14,18-21H2,1-3H3. The molecular weight excluding hydrogens is 529 g/mol. The molecule has 0 N–H and O–H groups in total. The Kier molecular flexibility index (Phi) is 5.48. The first-order valence-electron chi connectivity index (χ1n) is 15.8. The molecule has 7 aliphatic carbocycles. The number of hydrogen-bond donors (Lipinski definition) is 0. The summed E-state index contributed by atoms with van der Waals surface area (Å²) >= 11 is 0. The molecule has 4 bridgehead atoms. The topological polar surface area (TPSA) is 85.0 Å². The molecule has 7 aliphatic rings. The molecule has 220 valence electrons. The fraction of sp³-hybridized carbons (Fsp3) is 0.618. The number of hydrogen-bond acceptors (Lipinski definition) is 6. The van der Waals surface area contributed by atoms with E-state index in [0.717, 1.165) is 72.9 Å². The van der Waals surface area contributed by atoms with Crippen LogP contribution in [-0.4, -0.2) is 38.2 Å². The van der Waals surface area contributed by atoms with Crippen molar-refractivity contribution < 1.29 is 13.7 Å². The number of carbonyl (C=O) groups is 1. The molecule has 0 aliphatic heterocycles. The maximum Gasteiger partial charge on any atom is 0.233 e. The minimum absolute atomic E-state index is 0.0340. The van der Waals surface area contributed by atoms with E-state index in [1.54, 1.807) is 0 Å². The van der Waals surface area contributed by atoms with Gasteiger partial charge in [-0.25, -0.2) is 14.4 Å². The number of alkyl halides is 1. The molecule has 7 nitrogen and oxygen atoms in total. The number of aromatic nitrogens is 4. The van der Waals surface area contributed by atoms with E-state index >= 15 is 0 Å². The smallest absolute Gasteiger partial charge is 0.233 e. The van der Waals surface area contributed by atoms with Gasteiger partial charge in [0, 0.05) is 46.9 Å².